The fourth-order valence-corrected chi connectivity index (χ4v) is 3.05. The quantitative estimate of drug-likeness (QED) is 0.364. The molecule has 8 nitrogen and oxygen atoms in total. The van der Waals surface area contributed by atoms with E-state index < -0.39 is 18.2 Å². The highest BCUT2D eigenvalue weighted by Gasteiger charge is 2.20. The van der Waals surface area contributed by atoms with Crippen LogP contribution in [0.2, 0.25) is 5.02 Å². The van der Waals surface area contributed by atoms with E-state index in [1.54, 1.807) is 18.2 Å². The summed E-state index contributed by atoms with van der Waals surface area (Å²) in [6.07, 6.45) is 2.27. The topological polar surface area (TPSA) is 117 Å². The number of halogens is 2. The lowest BCUT2D eigenvalue weighted by Crippen LogP contribution is -2.19. The molecule has 2 amide bonds. The van der Waals surface area contributed by atoms with Crippen molar-refractivity contribution in [2.75, 3.05) is 12.4 Å². The molecule has 3 N–H and O–H groups in total. The number of hydrogen-bond acceptors (Lipinski definition) is 6. The maximum atomic E-state index is 12.2. The van der Waals surface area contributed by atoms with Crippen molar-refractivity contribution >= 4 is 57.5 Å². The van der Waals surface area contributed by atoms with Gasteiger partial charge in [-0.3, -0.25) is 5.32 Å². The normalized spacial score (nSPS) is 14.3. The van der Waals surface area contributed by atoms with Crippen molar-refractivity contribution in [1.82, 2.24) is 0 Å². The second kappa shape index (κ2) is 10.1. The van der Waals surface area contributed by atoms with E-state index in [0.717, 1.165) is 12.8 Å². The number of allylic oxidation sites excluding steroid dienone is 2. The van der Waals surface area contributed by atoms with Crippen LogP contribution in [0.15, 0.2) is 34.2 Å². The minimum Gasteiger partial charge on any atom is -0.465 e. The number of esters is 1. The van der Waals surface area contributed by atoms with Crippen molar-refractivity contribution in [1.29, 1.82) is 0 Å². The van der Waals surface area contributed by atoms with Crippen LogP contribution in [0.25, 0.3) is 6.08 Å². The lowest BCUT2D eigenvalue weighted by molar-refractivity contribution is -0.135. The molecule has 0 saturated carbocycles. The summed E-state index contributed by atoms with van der Waals surface area (Å²) >= 11 is 9.22. The standard InChI is InChI=1S/C18H18BrClN2O6/c1-26-16(23)12(19)9-10-8-11(6-7-13(10)20)22-18(25)28-15-5-3-2-4-14(15)27-17(21)24/h6-9H,2-5H2,1H3,(H2,21,24)(H,22,25). The lowest BCUT2D eigenvalue weighted by atomic mass is 10.0. The molecule has 2 rings (SSSR count). The van der Waals surface area contributed by atoms with Crippen LogP contribution >= 0.6 is 27.5 Å². The average Bonchev–Trinajstić information content (AvgIpc) is 2.64. The Balaban J connectivity index is 2.13. The summed E-state index contributed by atoms with van der Waals surface area (Å²) in [4.78, 5) is 34.7. The third kappa shape index (κ3) is 6.28. The van der Waals surface area contributed by atoms with E-state index in [9.17, 15) is 14.4 Å². The second-order valence-corrected chi connectivity index (χ2v) is 6.97. The summed E-state index contributed by atoms with van der Waals surface area (Å²) in [6.45, 7) is 0. The van der Waals surface area contributed by atoms with Crippen LogP contribution in [0.5, 0.6) is 0 Å². The van der Waals surface area contributed by atoms with Crippen molar-refractivity contribution in [3.63, 3.8) is 0 Å². The highest BCUT2D eigenvalue weighted by atomic mass is 79.9. The van der Waals surface area contributed by atoms with Gasteiger partial charge >= 0.3 is 18.2 Å². The van der Waals surface area contributed by atoms with Crippen molar-refractivity contribution in [3.05, 3.63) is 44.8 Å². The Labute approximate surface area is 174 Å². The minimum atomic E-state index is -0.955. The van der Waals surface area contributed by atoms with Gasteiger partial charge in [0.15, 0.2) is 0 Å². The molecule has 0 fully saturated rings. The van der Waals surface area contributed by atoms with E-state index in [2.05, 4.69) is 26.0 Å². The summed E-state index contributed by atoms with van der Waals surface area (Å²) < 4.78 is 15.0. The third-order valence-corrected chi connectivity index (χ3v) is 4.61. The molecule has 0 aliphatic heterocycles. The maximum Gasteiger partial charge on any atom is 0.416 e. The summed E-state index contributed by atoms with van der Waals surface area (Å²) in [5.41, 5.74) is 5.90. The summed E-state index contributed by atoms with van der Waals surface area (Å²) in [5.74, 6) is -0.0410. The van der Waals surface area contributed by atoms with Crippen LogP contribution in [0, 0.1) is 0 Å². The van der Waals surface area contributed by atoms with Crippen LogP contribution in [-0.2, 0) is 19.0 Å². The number of ether oxygens (including phenoxy) is 3. The van der Waals surface area contributed by atoms with Gasteiger partial charge in [-0.25, -0.2) is 14.4 Å². The van der Waals surface area contributed by atoms with Gasteiger partial charge in [0, 0.05) is 23.6 Å². The second-order valence-electron chi connectivity index (χ2n) is 5.71. The lowest BCUT2D eigenvalue weighted by Gasteiger charge is -2.18. The Kier molecular flexibility index (Phi) is 7.89. The molecule has 0 saturated heterocycles. The van der Waals surface area contributed by atoms with Crippen LogP contribution in [0.1, 0.15) is 31.2 Å². The van der Waals surface area contributed by atoms with Crippen LogP contribution in [0.3, 0.4) is 0 Å². The van der Waals surface area contributed by atoms with Gasteiger partial charge in [-0.2, -0.15) is 0 Å². The number of primary amides is 1. The molecule has 0 unspecified atom stereocenters. The number of carbonyl (C=O) groups excluding carboxylic acids is 3. The Morgan fingerprint density at radius 2 is 1.82 bits per heavy atom. The number of amides is 2. The van der Waals surface area contributed by atoms with Gasteiger partial charge in [-0.15, -0.1) is 0 Å². The first kappa shape index (κ1) is 21.8. The zero-order valence-electron chi connectivity index (χ0n) is 14.9. The smallest absolute Gasteiger partial charge is 0.416 e. The van der Waals surface area contributed by atoms with Crippen LogP contribution < -0.4 is 11.1 Å². The molecule has 0 radical (unpaired) electrons. The van der Waals surface area contributed by atoms with E-state index in [-0.39, 0.29) is 16.0 Å². The van der Waals surface area contributed by atoms with Crippen molar-refractivity contribution in [2.45, 2.75) is 25.7 Å². The molecule has 28 heavy (non-hydrogen) atoms. The zero-order valence-corrected chi connectivity index (χ0v) is 17.3. The number of nitrogens with two attached hydrogens (primary N) is 1. The van der Waals surface area contributed by atoms with Crippen molar-refractivity contribution in [2.24, 2.45) is 5.73 Å². The first-order valence-electron chi connectivity index (χ1n) is 8.23. The molecule has 10 heteroatoms. The molecule has 150 valence electrons. The van der Waals surface area contributed by atoms with Gasteiger partial charge in [-0.1, -0.05) is 11.6 Å². The van der Waals surface area contributed by atoms with Gasteiger partial charge in [0.2, 0.25) is 0 Å². The Bertz CT molecular complexity index is 852. The van der Waals surface area contributed by atoms with Gasteiger partial charge in [0.1, 0.15) is 16.0 Å². The first-order chi connectivity index (χ1) is 13.3. The SMILES string of the molecule is COC(=O)C(Br)=Cc1cc(NC(=O)OC2=C(OC(N)=O)CCCC2)ccc1Cl. The van der Waals surface area contributed by atoms with E-state index in [1.807, 2.05) is 0 Å². The van der Waals surface area contributed by atoms with Crippen LogP contribution in [-0.4, -0.2) is 25.3 Å². The van der Waals surface area contributed by atoms with E-state index in [4.69, 9.17) is 26.8 Å². The van der Waals surface area contributed by atoms with E-state index in [1.165, 1.54) is 13.2 Å². The molecule has 1 aromatic rings. The molecule has 1 aliphatic rings. The Hall–Kier alpha value is -2.52. The molecular formula is C18H18BrClN2O6. The number of carbonyl (C=O) groups is 3. The molecule has 0 atom stereocenters. The largest absolute Gasteiger partial charge is 0.465 e. The fourth-order valence-electron chi connectivity index (χ4n) is 2.47. The van der Waals surface area contributed by atoms with Crippen LogP contribution in [0.4, 0.5) is 15.3 Å². The molecule has 0 spiro atoms. The van der Waals surface area contributed by atoms with E-state index >= 15 is 0 Å². The predicted octanol–water partition coefficient (Wildman–Crippen LogP) is 4.68. The number of methoxy groups -OCH3 is 1. The average molecular weight is 474 g/mol. The number of hydrogen-bond donors (Lipinski definition) is 2. The third-order valence-electron chi connectivity index (χ3n) is 3.71. The first-order valence-corrected chi connectivity index (χ1v) is 9.40. The maximum absolute atomic E-state index is 12.2. The molecule has 1 aromatic carbocycles. The summed E-state index contributed by atoms with van der Waals surface area (Å²) in [7, 11) is 1.25. The van der Waals surface area contributed by atoms with Gasteiger partial charge < -0.3 is 19.9 Å². The summed E-state index contributed by atoms with van der Waals surface area (Å²) in [5, 5.41) is 2.93. The number of benzene rings is 1. The number of anilines is 1. The molecule has 0 bridgehead atoms. The molecule has 1 aliphatic carbocycles. The van der Waals surface area contributed by atoms with Gasteiger partial charge in [-0.05, 0) is 58.6 Å². The van der Waals surface area contributed by atoms with Gasteiger partial charge in [0.05, 0.1) is 7.11 Å². The Morgan fingerprint density at radius 3 is 2.43 bits per heavy atom. The highest BCUT2D eigenvalue weighted by Crippen LogP contribution is 2.28. The van der Waals surface area contributed by atoms with E-state index in [0.29, 0.717) is 29.1 Å². The monoisotopic (exact) mass is 472 g/mol. The number of nitrogens with one attached hydrogen (secondary N) is 1. The van der Waals surface area contributed by atoms with Gasteiger partial charge in [0.25, 0.3) is 0 Å². The molecular weight excluding hydrogens is 456 g/mol. The summed E-state index contributed by atoms with van der Waals surface area (Å²) in [6, 6.07) is 4.69. The minimum absolute atomic E-state index is 0.164. The predicted molar refractivity (Wildman–Crippen MR) is 107 cm³/mol. The van der Waals surface area contributed by atoms with Crippen molar-refractivity contribution < 1.29 is 28.6 Å². The molecule has 0 heterocycles. The molecule has 0 aromatic heterocycles. The fraction of sp³-hybridized carbons (Fsp3) is 0.278. The Morgan fingerprint density at radius 1 is 1.18 bits per heavy atom. The van der Waals surface area contributed by atoms with Crippen molar-refractivity contribution in [3.8, 4) is 0 Å². The highest BCUT2D eigenvalue weighted by molar-refractivity contribution is 9.12. The number of rotatable bonds is 5. The zero-order chi connectivity index (χ0) is 20.7.